The second kappa shape index (κ2) is 8.23. The van der Waals surface area contributed by atoms with Crippen LogP contribution in [0.1, 0.15) is 34.1 Å². The fraction of sp³-hybridized carbons (Fsp3) is 0.667. The first-order chi connectivity index (χ1) is 8.76. The highest BCUT2D eigenvalue weighted by molar-refractivity contribution is 5.71. The van der Waals surface area contributed by atoms with Gasteiger partial charge in [-0.05, 0) is 6.92 Å². The summed E-state index contributed by atoms with van der Waals surface area (Å²) in [5, 5.41) is 0. The van der Waals surface area contributed by atoms with Crippen molar-refractivity contribution in [3.8, 4) is 0 Å². The molecule has 7 nitrogen and oxygen atoms in total. The molecule has 108 valence electrons. The molecule has 0 fully saturated rings. The van der Waals surface area contributed by atoms with Crippen molar-refractivity contribution in [2.45, 2.75) is 52.4 Å². The molecule has 0 spiro atoms. The summed E-state index contributed by atoms with van der Waals surface area (Å²) in [6.45, 7) is 5.12. The van der Waals surface area contributed by atoms with Crippen LogP contribution in [-0.2, 0) is 33.4 Å². The van der Waals surface area contributed by atoms with E-state index in [1.165, 1.54) is 13.8 Å². The maximum Gasteiger partial charge on any atom is 0.303 e. The Morgan fingerprint density at radius 3 is 1.79 bits per heavy atom. The molecule has 0 amide bonds. The Morgan fingerprint density at radius 2 is 1.42 bits per heavy atom. The number of esters is 3. The van der Waals surface area contributed by atoms with Crippen LogP contribution in [-0.4, -0.2) is 42.5 Å². The monoisotopic (exact) mass is 274 g/mol. The molecule has 7 heteroatoms. The van der Waals surface area contributed by atoms with Crippen LogP contribution in [0.2, 0.25) is 0 Å². The highest BCUT2D eigenvalue weighted by Crippen LogP contribution is 2.13. The summed E-state index contributed by atoms with van der Waals surface area (Å²) in [5.41, 5.74) is 0. The van der Waals surface area contributed by atoms with Crippen molar-refractivity contribution in [2.24, 2.45) is 0 Å². The molecule has 0 N–H and O–H groups in total. The second-order valence-electron chi connectivity index (χ2n) is 4.01. The predicted octanol–water partition coefficient (Wildman–Crippen LogP) is 0.390. The zero-order chi connectivity index (χ0) is 15.0. The Kier molecular flexibility index (Phi) is 7.40. The normalized spacial score (nSPS) is 14.7. The number of aldehydes is 1. The topological polar surface area (TPSA) is 96.0 Å². The molecule has 0 unspecified atom stereocenters. The predicted molar refractivity (Wildman–Crippen MR) is 63.0 cm³/mol. The first-order valence-corrected chi connectivity index (χ1v) is 5.73. The standard InChI is InChI=1S/C12H18O7/c1-7(17-8(2)14)5-11(18-9(3)15)12(6-13)19-10(4)16/h6-7,11-12H,5H2,1-4H3/t7-,11+,12+/m1/s1. The number of rotatable bonds is 7. The lowest BCUT2D eigenvalue weighted by Crippen LogP contribution is -2.38. The Bertz CT molecular complexity index is 350. The quantitative estimate of drug-likeness (QED) is 0.376. The highest BCUT2D eigenvalue weighted by atomic mass is 16.6. The smallest absolute Gasteiger partial charge is 0.303 e. The average Bonchev–Trinajstić information content (AvgIpc) is 2.22. The third kappa shape index (κ3) is 7.91. The van der Waals surface area contributed by atoms with Gasteiger partial charge in [-0.25, -0.2) is 0 Å². The molecule has 19 heavy (non-hydrogen) atoms. The molecule has 0 heterocycles. The van der Waals surface area contributed by atoms with Crippen LogP contribution in [0.25, 0.3) is 0 Å². The summed E-state index contributed by atoms with van der Waals surface area (Å²) in [6.07, 6.45) is -2.38. The van der Waals surface area contributed by atoms with E-state index in [1.807, 2.05) is 0 Å². The summed E-state index contributed by atoms with van der Waals surface area (Å²) < 4.78 is 14.5. The molecule has 0 aromatic rings. The van der Waals surface area contributed by atoms with Crippen molar-refractivity contribution in [3.63, 3.8) is 0 Å². The van der Waals surface area contributed by atoms with Gasteiger partial charge in [-0.15, -0.1) is 0 Å². The largest absolute Gasteiger partial charge is 0.463 e. The van der Waals surface area contributed by atoms with Gasteiger partial charge in [-0.1, -0.05) is 0 Å². The molecule has 0 saturated carbocycles. The number of carbonyl (C=O) groups excluding carboxylic acids is 4. The van der Waals surface area contributed by atoms with Crippen LogP contribution in [0.5, 0.6) is 0 Å². The molecular formula is C12H18O7. The lowest BCUT2D eigenvalue weighted by atomic mass is 10.1. The van der Waals surface area contributed by atoms with Gasteiger partial charge < -0.3 is 14.2 Å². The fourth-order valence-corrected chi connectivity index (χ4v) is 1.50. The summed E-state index contributed by atoms with van der Waals surface area (Å²) in [6, 6.07) is 0. The lowest BCUT2D eigenvalue weighted by Gasteiger charge is -2.24. The molecule has 0 aliphatic rings. The molecule has 0 radical (unpaired) electrons. The molecule has 3 atom stereocenters. The van der Waals surface area contributed by atoms with E-state index in [4.69, 9.17) is 14.2 Å². The fourth-order valence-electron chi connectivity index (χ4n) is 1.50. The van der Waals surface area contributed by atoms with Crippen LogP contribution < -0.4 is 0 Å². The van der Waals surface area contributed by atoms with Gasteiger partial charge in [-0.2, -0.15) is 0 Å². The minimum Gasteiger partial charge on any atom is -0.463 e. The van der Waals surface area contributed by atoms with Gasteiger partial charge in [0.05, 0.1) is 0 Å². The van der Waals surface area contributed by atoms with E-state index < -0.39 is 36.2 Å². The van der Waals surface area contributed by atoms with Crippen LogP contribution in [0.4, 0.5) is 0 Å². The summed E-state index contributed by atoms with van der Waals surface area (Å²) in [4.78, 5) is 43.5. The van der Waals surface area contributed by atoms with E-state index in [-0.39, 0.29) is 6.42 Å². The van der Waals surface area contributed by atoms with Gasteiger partial charge >= 0.3 is 17.9 Å². The Labute approximate surface area is 111 Å². The molecule has 0 aromatic carbocycles. The van der Waals surface area contributed by atoms with Crippen molar-refractivity contribution in [2.75, 3.05) is 0 Å². The van der Waals surface area contributed by atoms with E-state index in [0.29, 0.717) is 6.29 Å². The molecule has 0 bridgehead atoms. The maximum atomic E-state index is 11.0. The zero-order valence-electron chi connectivity index (χ0n) is 11.4. The van der Waals surface area contributed by atoms with Gasteiger partial charge in [0.15, 0.2) is 12.4 Å². The Morgan fingerprint density at radius 1 is 0.947 bits per heavy atom. The van der Waals surface area contributed by atoms with Crippen molar-refractivity contribution >= 4 is 24.2 Å². The molecule has 0 aromatic heterocycles. The van der Waals surface area contributed by atoms with E-state index in [0.717, 1.165) is 6.92 Å². The van der Waals surface area contributed by atoms with Crippen LogP contribution in [0, 0.1) is 0 Å². The third-order valence-electron chi connectivity index (χ3n) is 2.05. The van der Waals surface area contributed by atoms with Gasteiger partial charge in [0.2, 0.25) is 0 Å². The lowest BCUT2D eigenvalue weighted by molar-refractivity contribution is -0.170. The third-order valence-corrected chi connectivity index (χ3v) is 2.05. The average molecular weight is 274 g/mol. The number of hydrogen-bond donors (Lipinski definition) is 0. The van der Waals surface area contributed by atoms with E-state index in [9.17, 15) is 19.2 Å². The zero-order valence-corrected chi connectivity index (χ0v) is 11.4. The molecule has 0 aliphatic heterocycles. The van der Waals surface area contributed by atoms with Gasteiger partial charge in [-0.3, -0.25) is 19.2 Å². The number of ether oxygens (including phenoxy) is 3. The molecule has 0 rings (SSSR count). The van der Waals surface area contributed by atoms with Crippen LogP contribution in [0.15, 0.2) is 0 Å². The van der Waals surface area contributed by atoms with Gasteiger partial charge in [0.25, 0.3) is 0 Å². The van der Waals surface area contributed by atoms with Gasteiger partial charge in [0, 0.05) is 27.2 Å². The van der Waals surface area contributed by atoms with Crippen LogP contribution in [0.3, 0.4) is 0 Å². The Balaban J connectivity index is 4.76. The molecule has 0 saturated heterocycles. The van der Waals surface area contributed by atoms with Crippen LogP contribution >= 0.6 is 0 Å². The number of carbonyl (C=O) groups is 4. The molecular weight excluding hydrogens is 256 g/mol. The second-order valence-corrected chi connectivity index (χ2v) is 4.01. The number of hydrogen-bond acceptors (Lipinski definition) is 7. The summed E-state index contributed by atoms with van der Waals surface area (Å²) >= 11 is 0. The first-order valence-electron chi connectivity index (χ1n) is 5.73. The van der Waals surface area contributed by atoms with E-state index >= 15 is 0 Å². The van der Waals surface area contributed by atoms with Crippen molar-refractivity contribution in [1.82, 2.24) is 0 Å². The SMILES string of the molecule is CC(=O)O[C@H](C)C[C@H](OC(C)=O)[C@H](C=O)OC(C)=O. The molecule has 0 aliphatic carbocycles. The van der Waals surface area contributed by atoms with Crippen molar-refractivity contribution < 1.29 is 33.4 Å². The minimum absolute atomic E-state index is 0.0514. The Hall–Kier alpha value is -1.92. The highest BCUT2D eigenvalue weighted by Gasteiger charge is 2.29. The van der Waals surface area contributed by atoms with Crippen molar-refractivity contribution in [1.29, 1.82) is 0 Å². The summed E-state index contributed by atoms with van der Waals surface area (Å²) in [7, 11) is 0. The van der Waals surface area contributed by atoms with Gasteiger partial charge in [0.1, 0.15) is 12.2 Å². The first kappa shape index (κ1) is 17.1. The summed E-state index contributed by atoms with van der Waals surface area (Å²) in [5.74, 6) is -1.79. The van der Waals surface area contributed by atoms with E-state index in [1.54, 1.807) is 6.92 Å². The van der Waals surface area contributed by atoms with E-state index in [2.05, 4.69) is 0 Å². The van der Waals surface area contributed by atoms with Crippen molar-refractivity contribution in [3.05, 3.63) is 0 Å². The minimum atomic E-state index is -1.22. The maximum absolute atomic E-state index is 11.0.